The van der Waals surface area contributed by atoms with Crippen molar-refractivity contribution in [3.8, 4) is 0 Å². The van der Waals surface area contributed by atoms with Gasteiger partial charge in [0, 0.05) is 24.2 Å². The Kier molecular flexibility index (Phi) is 5.36. The molecular weight excluding hydrogens is 228 g/mol. The average molecular weight is 248 g/mol. The Morgan fingerprint density at radius 1 is 1.11 bits per heavy atom. The number of nitrogens with one attached hydrogen (secondary N) is 2. The lowest BCUT2D eigenvalue weighted by molar-refractivity contribution is -0.119. The summed E-state index contributed by atoms with van der Waals surface area (Å²) < 4.78 is 0. The maximum Gasteiger partial charge on any atom is 0.227 e. The van der Waals surface area contributed by atoms with Crippen molar-refractivity contribution in [3.05, 3.63) is 24.3 Å². The van der Waals surface area contributed by atoms with E-state index in [0.29, 0.717) is 0 Å². The van der Waals surface area contributed by atoms with E-state index in [-0.39, 0.29) is 17.7 Å². The molecule has 0 aromatic heterocycles. The molecule has 0 aliphatic rings. The van der Waals surface area contributed by atoms with Crippen LogP contribution < -0.4 is 10.6 Å². The van der Waals surface area contributed by atoms with E-state index in [1.54, 1.807) is 24.3 Å². The van der Waals surface area contributed by atoms with Gasteiger partial charge in [-0.15, -0.1) is 0 Å². The first-order valence-electron chi connectivity index (χ1n) is 6.21. The Bertz CT molecular complexity index is 412. The van der Waals surface area contributed by atoms with Gasteiger partial charge < -0.3 is 10.6 Å². The molecule has 0 spiro atoms. The molecule has 98 valence electrons. The van der Waals surface area contributed by atoms with Crippen molar-refractivity contribution in [3.63, 3.8) is 0 Å². The summed E-state index contributed by atoms with van der Waals surface area (Å²) in [5, 5.41) is 5.53. The Hall–Kier alpha value is -1.84. The second-order valence-electron chi connectivity index (χ2n) is 4.44. The molecule has 0 fully saturated rings. The molecule has 2 amide bonds. The van der Waals surface area contributed by atoms with E-state index < -0.39 is 0 Å². The molecule has 1 atom stereocenters. The van der Waals surface area contributed by atoms with E-state index in [9.17, 15) is 9.59 Å². The van der Waals surface area contributed by atoms with E-state index >= 15 is 0 Å². The van der Waals surface area contributed by atoms with Crippen LogP contribution in [0.15, 0.2) is 24.3 Å². The van der Waals surface area contributed by atoms with Gasteiger partial charge >= 0.3 is 0 Å². The van der Waals surface area contributed by atoms with Gasteiger partial charge in [0.1, 0.15) is 0 Å². The van der Waals surface area contributed by atoms with E-state index in [1.165, 1.54) is 6.92 Å². The molecule has 18 heavy (non-hydrogen) atoms. The summed E-state index contributed by atoms with van der Waals surface area (Å²) in [5.74, 6) is -0.0579. The SMILES string of the molecule is CCC[C@@H](C)C(=O)Nc1ccc(NC(C)=O)cc1. The second kappa shape index (κ2) is 6.79. The first-order valence-corrected chi connectivity index (χ1v) is 6.21. The molecule has 1 aromatic carbocycles. The maximum atomic E-state index is 11.8. The molecule has 0 aliphatic carbocycles. The number of hydrogen-bond donors (Lipinski definition) is 2. The number of rotatable bonds is 5. The van der Waals surface area contributed by atoms with Gasteiger partial charge in [-0.2, -0.15) is 0 Å². The predicted octanol–water partition coefficient (Wildman–Crippen LogP) is 3.02. The molecule has 0 radical (unpaired) electrons. The summed E-state index contributed by atoms with van der Waals surface area (Å²) in [4.78, 5) is 22.6. The predicted molar refractivity (Wildman–Crippen MR) is 73.4 cm³/mol. The second-order valence-corrected chi connectivity index (χ2v) is 4.44. The van der Waals surface area contributed by atoms with Crippen molar-refractivity contribution in [1.29, 1.82) is 0 Å². The summed E-state index contributed by atoms with van der Waals surface area (Å²) in [6, 6.07) is 7.09. The number of carbonyl (C=O) groups excluding carboxylic acids is 2. The topological polar surface area (TPSA) is 58.2 Å². The van der Waals surface area contributed by atoms with E-state index in [1.807, 2.05) is 6.92 Å². The Balaban J connectivity index is 2.58. The van der Waals surface area contributed by atoms with Crippen LogP contribution in [0.25, 0.3) is 0 Å². The van der Waals surface area contributed by atoms with E-state index in [4.69, 9.17) is 0 Å². The smallest absolute Gasteiger partial charge is 0.227 e. The van der Waals surface area contributed by atoms with Gasteiger partial charge in [0.05, 0.1) is 0 Å². The van der Waals surface area contributed by atoms with Gasteiger partial charge in [0.2, 0.25) is 11.8 Å². The van der Waals surface area contributed by atoms with Gasteiger partial charge in [0.15, 0.2) is 0 Å². The van der Waals surface area contributed by atoms with E-state index in [2.05, 4.69) is 17.6 Å². The van der Waals surface area contributed by atoms with Crippen LogP contribution in [-0.4, -0.2) is 11.8 Å². The Morgan fingerprint density at radius 2 is 1.61 bits per heavy atom. The molecule has 1 rings (SSSR count). The molecule has 0 heterocycles. The van der Waals surface area contributed by atoms with Crippen LogP contribution in [0.4, 0.5) is 11.4 Å². The Morgan fingerprint density at radius 3 is 2.06 bits per heavy atom. The third-order valence-corrected chi connectivity index (χ3v) is 2.64. The average Bonchev–Trinajstić information content (AvgIpc) is 2.31. The molecule has 0 saturated carbocycles. The van der Waals surface area contributed by atoms with Crippen LogP contribution in [0.3, 0.4) is 0 Å². The zero-order valence-corrected chi connectivity index (χ0v) is 11.1. The van der Waals surface area contributed by atoms with Crippen LogP contribution in [0.5, 0.6) is 0 Å². The molecule has 0 saturated heterocycles. The highest BCUT2D eigenvalue weighted by atomic mass is 16.2. The van der Waals surface area contributed by atoms with Gasteiger partial charge in [-0.1, -0.05) is 20.3 Å². The quantitative estimate of drug-likeness (QED) is 0.841. The minimum atomic E-state index is -0.108. The fraction of sp³-hybridized carbons (Fsp3) is 0.429. The molecule has 1 aromatic rings. The highest BCUT2D eigenvalue weighted by Gasteiger charge is 2.11. The standard InChI is InChI=1S/C14H20N2O2/c1-4-5-10(2)14(18)16-13-8-6-12(7-9-13)15-11(3)17/h6-10H,4-5H2,1-3H3,(H,15,17)(H,16,18)/t10-/m1/s1. The minimum Gasteiger partial charge on any atom is -0.326 e. The lowest BCUT2D eigenvalue weighted by atomic mass is 10.1. The van der Waals surface area contributed by atoms with Gasteiger partial charge in [0.25, 0.3) is 0 Å². The Labute approximate surface area is 108 Å². The first kappa shape index (κ1) is 14.2. The molecule has 0 bridgehead atoms. The lowest BCUT2D eigenvalue weighted by Crippen LogP contribution is -2.20. The number of anilines is 2. The number of carbonyl (C=O) groups is 2. The maximum absolute atomic E-state index is 11.8. The number of amides is 2. The van der Waals surface area contributed by atoms with E-state index in [0.717, 1.165) is 24.2 Å². The molecule has 4 heteroatoms. The number of benzene rings is 1. The van der Waals surface area contributed by atoms with Crippen LogP contribution in [0.2, 0.25) is 0 Å². The van der Waals surface area contributed by atoms with Crippen molar-refractivity contribution in [2.75, 3.05) is 10.6 Å². The molecule has 0 unspecified atom stereocenters. The monoisotopic (exact) mass is 248 g/mol. The molecular formula is C14H20N2O2. The number of hydrogen-bond acceptors (Lipinski definition) is 2. The summed E-state index contributed by atoms with van der Waals surface area (Å²) >= 11 is 0. The van der Waals surface area contributed by atoms with Crippen molar-refractivity contribution in [2.45, 2.75) is 33.6 Å². The zero-order valence-electron chi connectivity index (χ0n) is 11.1. The summed E-state index contributed by atoms with van der Waals surface area (Å²) in [5.41, 5.74) is 1.47. The van der Waals surface area contributed by atoms with Crippen molar-refractivity contribution < 1.29 is 9.59 Å². The van der Waals surface area contributed by atoms with Crippen LogP contribution in [0.1, 0.15) is 33.6 Å². The highest BCUT2D eigenvalue weighted by Crippen LogP contribution is 2.15. The first-order chi connectivity index (χ1) is 8.52. The molecule has 0 aliphatic heterocycles. The third kappa shape index (κ3) is 4.57. The normalized spacial score (nSPS) is 11.7. The van der Waals surface area contributed by atoms with Gasteiger partial charge in [-0.3, -0.25) is 9.59 Å². The summed E-state index contributed by atoms with van der Waals surface area (Å²) in [6.07, 6.45) is 1.88. The largest absolute Gasteiger partial charge is 0.326 e. The van der Waals surface area contributed by atoms with Gasteiger partial charge in [-0.25, -0.2) is 0 Å². The van der Waals surface area contributed by atoms with Crippen LogP contribution in [0, 0.1) is 5.92 Å². The van der Waals surface area contributed by atoms with Crippen molar-refractivity contribution >= 4 is 23.2 Å². The molecule has 2 N–H and O–H groups in total. The lowest BCUT2D eigenvalue weighted by Gasteiger charge is -2.11. The third-order valence-electron chi connectivity index (χ3n) is 2.64. The van der Waals surface area contributed by atoms with Crippen LogP contribution >= 0.6 is 0 Å². The van der Waals surface area contributed by atoms with Crippen LogP contribution in [-0.2, 0) is 9.59 Å². The highest BCUT2D eigenvalue weighted by molar-refractivity contribution is 5.93. The van der Waals surface area contributed by atoms with Crippen molar-refractivity contribution in [1.82, 2.24) is 0 Å². The zero-order chi connectivity index (χ0) is 13.5. The summed E-state index contributed by atoms with van der Waals surface area (Å²) in [6.45, 7) is 5.44. The fourth-order valence-corrected chi connectivity index (χ4v) is 1.67. The van der Waals surface area contributed by atoms with Crippen molar-refractivity contribution in [2.24, 2.45) is 5.92 Å². The summed E-state index contributed by atoms with van der Waals surface area (Å²) in [7, 11) is 0. The fourth-order valence-electron chi connectivity index (χ4n) is 1.67. The van der Waals surface area contributed by atoms with Gasteiger partial charge in [-0.05, 0) is 30.7 Å². The minimum absolute atomic E-state index is 0.0185. The molecule has 4 nitrogen and oxygen atoms in total.